The van der Waals surface area contributed by atoms with E-state index in [1.54, 1.807) is 0 Å². The highest BCUT2D eigenvalue weighted by Gasteiger charge is 2.15. The van der Waals surface area contributed by atoms with E-state index in [-0.39, 0.29) is 21.7 Å². The van der Waals surface area contributed by atoms with Gasteiger partial charge in [0, 0.05) is 5.69 Å². The highest BCUT2D eigenvalue weighted by molar-refractivity contribution is 6.37. The van der Waals surface area contributed by atoms with E-state index < -0.39 is 6.04 Å². The van der Waals surface area contributed by atoms with Gasteiger partial charge in [-0.2, -0.15) is 0 Å². The first-order valence-corrected chi connectivity index (χ1v) is 7.01. The third-order valence-corrected chi connectivity index (χ3v) is 3.50. The summed E-state index contributed by atoms with van der Waals surface area (Å²) in [5.74, 6) is -0.568. The van der Waals surface area contributed by atoms with Crippen molar-refractivity contribution in [2.75, 3.05) is 5.32 Å². The van der Waals surface area contributed by atoms with Gasteiger partial charge in [-0.1, -0.05) is 53.5 Å². The van der Waals surface area contributed by atoms with E-state index in [1.807, 2.05) is 30.3 Å². The number of halogens is 2. The number of nitrogens with two attached hydrogens (primary N) is 1. The van der Waals surface area contributed by atoms with E-state index in [0.717, 1.165) is 5.56 Å². The molecule has 0 bridgehead atoms. The molecule has 0 aliphatic heterocycles. The number of nitrogens with one attached hydrogen (secondary N) is 1. The molecule has 0 unspecified atom stereocenters. The van der Waals surface area contributed by atoms with Crippen LogP contribution in [0.25, 0.3) is 0 Å². The lowest BCUT2D eigenvalue weighted by Crippen LogP contribution is -2.37. The number of phenolic OH excluding ortho intramolecular Hbond substituents is 1. The van der Waals surface area contributed by atoms with Gasteiger partial charge in [0.15, 0.2) is 5.75 Å². The van der Waals surface area contributed by atoms with Crippen molar-refractivity contribution in [2.45, 2.75) is 12.5 Å². The van der Waals surface area contributed by atoms with Gasteiger partial charge in [0.1, 0.15) is 0 Å². The molecule has 21 heavy (non-hydrogen) atoms. The maximum Gasteiger partial charge on any atom is 0.241 e. The minimum absolute atomic E-state index is 0.0643. The molecule has 0 heterocycles. The highest BCUT2D eigenvalue weighted by atomic mass is 35.5. The van der Waals surface area contributed by atoms with Crippen molar-refractivity contribution in [2.24, 2.45) is 5.73 Å². The molecule has 2 aromatic rings. The molecule has 2 aromatic carbocycles. The summed E-state index contributed by atoms with van der Waals surface area (Å²) in [6, 6.07) is 11.6. The van der Waals surface area contributed by atoms with E-state index >= 15 is 0 Å². The van der Waals surface area contributed by atoms with E-state index in [4.69, 9.17) is 28.9 Å². The molecular weight excluding hydrogens is 311 g/mol. The summed E-state index contributed by atoms with van der Waals surface area (Å²) in [4.78, 5) is 12.0. The van der Waals surface area contributed by atoms with Crippen LogP contribution in [0.5, 0.6) is 5.75 Å². The Morgan fingerprint density at radius 1 is 1.19 bits per heavy atom. The lowest BCUT2D eigenvalue weighted by molar-refractivity contribution is -0.117. The third kappa shape index (κ3) is 4.11. The number of rotatable bonds is 4. The minimum Gasteiger partial charge on any atom is -0.505 e. The molecule has 0 radical (unpaired) electrons. The molecule has 0 aliphatic carbocycles. The zero-order chi connectivity index (χ0) is 15.4. The number of amides is 1. The fourth-order valence-corrected chi connectivity index (χ4v) is 2.32. The zero-order valence-corrected chi connectivity index (χ0v) is 12.5. The molecule has 0 saturated heterocycles. The van der Waals surface area contributed by atoms with Crippen LogP contribution in [0.4, 0.5) is 5.69 Å². The van der Waals surface area contributed by atoms with Crippen LogP contribution in [-0.4, -0.2) is 17.1 Å². The van der Waals surface area contributed by atoms with Gasteiger partial charge >= 0.3 is 0 Å². The number of anilines is 1. The Morgan fingerprint density at radius 2 is 1.76 bits per heavy atom. The van der Waals surface area contributed by atoms with Crippen LogP contribution in [0.2, 0.25) is 10.0 Å². The van der Waals surface area contributed by atoms with Gasteiger partial charge < -0.3 is 16.2 Å². The van der Waals surface area contributed by atoms with Gasteiger partial charge in [0.25, 0.3) is 0 Å². The topological polar surface area (TPSA) is 75.4 Å². The number of carbonyl (C=O) groups is 1. The Bertz CT molecular complexity index is 624. The second-order valence-electron chi connectivity index (χ2n) is 4.57. The fraction of sp³-hybridized carbons (Fsp3) is 0.133. The van der Waals surface area contributed by atoms with E-state index in [1.165, 1.54) is 12.1 Å². The molecule has 0 fully saturated rings. The predicted octanol–water partition coefficient (Wildman–Crippen LogP) is 3.21. The lowest BCUT2D eigenvalue weighted by atomic mass is 10.1. The molecule has 6 heteroatoms. The molecule has 0 saturated carbocycles. The van der Waals surface area contributed by atoms with E-state index in [2.05, 4.69) is 5.32 Å². The molecular formula is C15H14Cl2N2O2. The summed E-state index contributed by atoms with van der Waals surface area (Å²) in [7, 11) is 0. The second kappa shape index (κ2) is 6.80. The van der Waals surface area contributed by atoms with Crippen LogP contribution in [0, 0.1) is 0 Å². The van der Waals surface area contributed by atoms with Crippen molar-refractivity contribution in [1.82, 2.24) is 0 Å². The largest absolute Gasteiger partial charge is 0.505 e. The molecule has 0 aromatic heterocycles. The SMILES string of the molecule is N[C@@H](Cc1ccccc1)C(=O)Nc1cc(Cl)c(O)c(Cl)c1. The van der Waals surface area contributed by atoms with Crippen molar-refractivity contribution in [3.8, 4) is 5.75 Å². The average Bonchev–Trinajstić information content (AvgIpc) is 2.45. The van der Waals surface area contributed by atoms with Gasteiger partial charge in [-0.15, -0.1) is 0 Å². The van der Waals surface area contributed by atoms with Crippen LogP contribution in [-0.2, 0) is 11.2 Å². The molecule has 0 spiro atoms. The van der Waals surface area contributed by atoms with Crippen molar-refractivity contribution < 1.29 is 9.90 Å². The second-order valence-corrected chi connectivity index (χ2v) is 5.39. The summed E-state index contributed by atoms with van der Waals surface area (Å²) in [5, 5.41) is 12.2. The Hall–Kier alpha value is -1.75. The van der Waals surface area contributed by atoms with Gasteiger partial charge in [-0.05, 0) is 24.1 Å². The Labute approximate surface area is 132 Å². The summed E-state index contributed by atoms with van der Waals surface area (Å²) in [6.45, 7) is 0. The Morgan fingerprint density at radius 3 is 2.33 bits per heavy atom. The number of phenols is 1. The van der Waals surface area contributed by atoms with Crippen LogP contribution in [0.1, 0.15) is 5.56 Å². The van der Waals surface area contributed by atoms with E-state index in [0.29, 0.717) is 12.1 Å². The monoisotopic (exact) mass is 324 g/mol. The normalized spacial score (nSPS) is 12.0. The zero-order valence-electron chi connectivity index (χ0n) is 11.0. The molecule has 110 valence electrons. The number of carbonyl (C=O) groups excluding carboxylic acids is 1. The summed E-state index contributed by atoms with van der Waals surface area (Å²) in [5.41, 5.74) is 7.24. The molecule has 4 nitrogen and oxygen atoms in total. The van der Waals surface area contributed by atoms with E-state index in [9.17, 15) is 9.90 Å². The van der Waals surface area contributed by atoms with Crippen molar-refractivity contribution in [3.05, 3.63) is 58.1 Å². The molecule has 4 N–H and O–H groups in total. The maximum atomic E-state index is 12.0. The predicted molar refractivity (Wildman–Crippen MR) is 84.9 cm³/mol. The van der Waals surface area contributed by atoms with Gasteiger partial charge in [-0.25, -0.2) is 0 Å². The van der Waals surface area contributed by atoms with Gasteiger partial charge in [-0.3, -0.25) is 4.79 Å². The molecule has 2 rings (SSSR count). The van der Waals surface area contributed by atoms with Crippen molar-refractivity contribution >= 4 is 34.8 Å². The smallest absolute Gasteiger partial charge is 0.241 e. The number of hydrogen-bond acceptors (Lipinski definition) is 3. The first-order valence-electron chi connectivity index (χ1n) is 6.25. The maximum absolute atomic E-state index is 12.0. The average molecular weight is 325 g/mol. The lowest BCUT2D eigenvalue weighted by Gasteiger charge is -2.13. The van der Waals surface area contributed by atoms with Crippen LogP contribution >= 0.6 is 23.2 Å². The molecule has 1 atom stereocenters. The van der Waals surface area contributed by atoms with Crippen LogP contribution in [0.3, 0.4) is 0 Å². The van der Waals surface area contributed by atoms with Gasteiger partial charge in [0.05, 0.1) is 16.1 Å². The fourth-order valence-electron chi connectivity index (χ4n) is 1.83. The van der Waals surface area contributed by atoms with Crippen molar-refractivity contribution in [1.29, 1.82) is 0 Å². The third-order valence-electron chi connectivity index (χ3n) is 2.92. The quantitative estimate of drug-likeness (QED) is 0.756. The standard InChI is InChI=1S/C15H14Cl2N2O2/c16-11-7-10(8-12(17)14(11)20)19-15(21)13(18)6-9-4-2-1-3-5-9/h1-5,7-8,13,20H,6,18H2,(H,19,21)/t13-/m0/s1. The Balaban J connectivity index is 2.04. The summed E-state index contributed by atoms with van der Waals surface area (Å²) >= 11 is 11.6. The first-order chi connectivity index (χ1) is 9.97. The molecule has 1 amide bonds. The molecule has 0 aliphatic rings. The van der Waals surface area contributed by atoms with Crippen LogP contribution < -0.4 is 11.1 Å². The Kier molecular flexibility index (Phi) is 5.07. The minimum atomic E-state index is -0.696. The highest BCUT2D eigenvalue weighted by Crippen LogP contribution is 2.34. The number of benzene rings is 2. The van der Waals surface area contributed by atoms with Crippen LogP contribution in [0.15, 0.2) is 42.5 Å². The number of aromatic hydroxyl groups is 1. The summed E-state index contributed by atoms with van der Waals surface area (Å²) in [6.07, 6.45) is 0.423. The summed E-state index contributed by atoms with van der Waals surface area (Å²) < 4.78 is 0. The van der Waals surface area contributed by atoms with Gasteiger partial charge in [0.2, 0.25) is 5.91 Å². The van der Waals surface area contributed by atoms with Crippen molar-refractivity contribution in [3.63, 3.8) is 0 Å². The first kappa shape index (κ1) is 15.6. The number of hydrogen-bond donors (Lipinski definition) is 3.